The van der Waals surface area contributed by atoms with E-state index in [0.717, 1.165) is 32.7 Å². The summed E-state index contributed by atoms with van der Waals surface area (Å²) in [5.74, 6) is 0.115. The topological polar surface area (TPSA) is 35.6 Å². The number of carbonyl (C=O) groups is 1. The smallest absolute Gasteiger partial charge is 0.225 e. The molecule has 4 nitrogen and oxygen atoms in total. The fourth-order valence-electron chi connectivity index (χ4n) is 3.75. The van der Waals surface area contributed by atoms with E-state index in [0.29, 0.717) is 0 Å². The van der Waals surface area contributed by atoms with Crippen molar-refractivity contribution in [3.05, 3.63) is 58.3 Å². The SMILES string of the molecule is C[C@H](NC(=O)C(C)(C)C)[C@H](c1cccs1)N1CCN(Cc2ccccc2)CC1. The van der Waals surface area contributed by atoms with Crippen LogP contribution in [-0.2, 0) is 11.3 Å². The Bertz CT molecular complexity index is 731. The van der Waals surface area contributed by atoms with Crippen LogP contribution in [0.15, 0.2) is 47.8 Å². The molecule has 0 spiro atoms. The zero-order valence-corrected chi connectivity index (χ0v) is 18.3. The van der Waals surface area contributed by atoms with E-state index in [1.54, 1.807) is 11.3 Å². The molecule has 1 fully saturated rings. The second-order valence-electron chi connectivity index (χ2n) is 8.77. The summed E-state index contributed by atoms with van der Waals surface area (Å²) in [6, 6.07) is 15.3. The summed E-state index contributed by atoms with van der Waals surface area (Å²) in [7, 11) is 0. The van der Waals surface area contributed by atoms with Gasteiger partial charge in [0, 0.05) is 49.1 Å². The Labute approximate surface area is 173 Å². The first-order valence-electron chi connectivity index (χ1n) is 10.2. The standard InChI is InChI=1S/C23H33N3OS/c1-18(24-22(27)23(2,3)4)21(20-11-8-16-28-20)26-14-12-25(13-15-26)17-19-9-6-5-7-10-19/h5-11,16,18,21H,12-15,17H2,1-4H3,(H,24,27)/t18-,21+/m0/s1. The lowest BCUT2D eigenvalue weighted by molar-refractivity contribution is -0.129. The molecule has 1 aromatic carbocycles. The van der Waals surface area contributed by atoms with Crippen molar-refractivity contribution in [3.63, 3.8) is 0 Å². The van der Waals surface area contributed by atoms with Gasteiger partial charge >= 0.3 is 0 Å². The molecule has 2 atom stereocenters. The molecular formula is C23H33N3OS. The van der Waals surface area contributed by atoms with E-state index in [1.165, 1.54) is 10.4 Å². The third-order valence-corrected chi connectivity index (χ3v) is 6.34. The van der Waals surface area contributed by atoms with Crippen molar-refractivity contribution < 1.29 is 4.79 Å². The van der Waals surface area contributed by atoms with Crippen LogP contribution in [0.2, 0.25) is 0 Å². The van der Waals surface area contributed by atoms with E-state index in [9.17, 15) is 4.79 Å². The molecule has 2 aromatic rings. The van der Waals surface area contributed by atoms with Crippen molar-refractivity contribution in [3.8, 4) is 0 Å². The average Bonchev–Trinajstić information content (AvgIpc) is 3.17. The molecular weight excluding hydrogens is 366 g/mol. The minimum atomic E-state index is -0.372. The minimum absolute atomic E-state index is 0.0750. The summed E-state index contributed by atoms with van der Waals surface area (Å²) in [6.07, 6.45) is 0. The largest absolute Gasteiger partial charge is 0.351 e. The highest BCUT2D eigenvalue weighted by Gasteiger charge is 2.32. The Kier molecular flexibility index (Phi) is 6.91. The molecule has 1 amide bonds. The zero-order chi connectivity index (χ0) is 20.1. The summed E-state index contributed by atoms with van der Waals surface area (Å²) >= 11 is 1.78. The van der Waals surface area contributed by atoms with Crippen molar-refractivity contribution in [1.82, 2.24) is 15.1 Å². The first-order chi connectivity index (χ1) is 13.3. The molecule has 1 saturated heterocycles. The number of carbonyl (C=O) groups excluding carboxylic acids is 1. The summed E-state index contributed by atoms with van der Waals surface area (Å²) in [4.78, 5) is 19.0. The van der Waals surface area contributed by atoms with Gasteiger partial charge in [-0.15, -0.1) is 11.3 Å². The fraction of sp³-hybridized carbons (Fsp3) is 0.522. The van der Waals surface area contributed by atoms with Crippen molar-refractivity contribution in [1.29, 1.82) is 0 Å². The van der Waals surface area contributed by atoms with E-state index in [-0.39, 0.29) is 23.4 Å². The summed E-state index contributed by atoms with van der Waals surface area (Å²) in [5.41, 5.74) is 0.999. The molecule has 28 heavy (non-hydrogen) atoms. The molecule has 0 saturated carbocycles. The molecule has 152 valence electrons. The predicted molar refractivity (Wildman–Crippen MR) is 117 cm³/mol. The van der Waals surface area contributed by atoms with Crippen molar-refractivity contribution >= 4 is 17.2 Å². The van der Waals surface area contributed by atoms with Crippen molar-refractivity contribution in [2.45, 2.75) is 46.3 Å². The number of benzene rings is 1. The molecule has 1 aliphatic heterocycles. The van der Waals surface area contributed by atoms with Gasteiger partial charge in [0.05, 0.1) is 6.04 Å². The minimum Gasteiger partial charge on any atom is -0.351 e. The number of nitrogens with zero attached hydrogens (tertiary/aromatic N) is 2. The lowest BCUT2D eigenvalue weighted by Gasteiger charge is -2.41. The van der Waals surface area contributed by atoms with Gasteiger partial charge < -0.3 is 5.32 Å². The Morgan fingerprint density at radius 1 is 1.07 bits per heavy atom. The molecule has 2 heterocycles. The van der Waals surface area contributed by atoms with Crippen LogP contribution >= 0.6 is 11.3 Å². The maximum Gasteiger partial charge on any atom is 0.225 e. The number of piperazine rings is 1. The van der Waals surface area contributed by atoms with Crippen LogP contribution in [0.1, 0.15) is 44.2 Å². The predicted octanol–water partition coefficient (Wildman–Crippen LogP) is 4.16. The van der Waals surface area contributed by atoms with Crippen LogP contribution in [0.3, 0.4) is 0 Å². The summed E-state index contributed by atoms with van der Waals surface area (Å²) in [6.45, 7) is 13.2. The van der Waals surface area contributed by atoms with Gasteiger partial charge in [0.15, 0.2) is 0 Å². The summed E-state index contributed by atoms with van der Waals surface area (Å²) in [5, 5.41) is 5.40. The lowest BCUT2D eigenvalue weighted by Crippen LogP contribution is -2.53. The highest BCUT2D eigenvalue weighted by molar-refractivity contribution is 7.10. The Hall–Kier alpha value is -1.69. The molecule has 1 aliphatic rings. The molecule has 1 N–H and O–H groups in total. The average molecular weight is 400 g/mol. The Morgan fingerprint density at radius 2 is 1.75 bits per heavy atom. The van der Waals surface area contributed by atoms with E-state index in [2.05, 4.69) is 69.9 Å². The normalized spacial score (nSPS) is 18.6. The third kappa shape index (κ3) is 5.43. The van der Waals surface area contributed by atoms with Gasteiger partial charge in [-0.25, -0.2) is 0 Å². The molecule has 0 unspecified atom stereocenters. The number of hydrogen-bond donors (Lipinski definition) is 1. The second-order valence-corrected chi connectivity index (χ2v) is 9.75. The Balaban J connectivity index is 1.64. The van der Waals surface area contributed by atoms with Gasteiger partial charge in [0.1, 0.15) is 0 Å². The maximum atomic E-state index is 12.6. The fourth-order valence-corrected chi connectivity index (χ4v) is 4.71. The van der Waals surface area contributed by atoms with E-state index < -0.39 is 0 Å². The first-order valence-corrected chi connectivity index (χ1v) is 11.1. The quantitative estimate of drug-likeness (QED) is 0.792. The highest BCUT2D eigenvalue weighted by atomic mass is 32.1. The van der Waals surface area contributed by atoms with Gasteiger partial charge in [-0.05, 0) is 23.9 Å². The van der Waals surface area contributed by atoms with Gasteiger partial charge in [0.25, 0.3) is 0 Å². The second kappa shape index (κ2) is 9.21. The monoisotopic (exact) mass is 399 g/mol. The lowest BCUT2D eigenvalue weighted by atomic mass is 9.94. The summed E-state index contributed by atoms with van der Waals surface area (Å²) < 4.78 is 0. The highest BCUT2D eigenvalue weighted by Crippen LogP contribution is 2.30. The van der Waals surface area contributed by atoms with Crippen molar-refractivity contribution in [2.75, 3.05) is 26.2 Å². The van der Waals surface area contributed by atoms with E-state index in [1.807, 2.05) is 20.8 Å². The number of hydrogen-bond acceptors (Lipinski definition) is 4. The van der Waals surface area contributed by atoms with Gasteiger partial charge in [-0.3, -0.25) is 14.6 Å². The number of amides is 1. The van der Waals surface area contributed by atoms with Crippen LogP contribution in [0, 0.1) is 5.41 Å². The van der Waals surface area contributed by atoms with Crippen LogP contribution in [0.25, 0.3) is 0 Å². The molecule has 5 heteroatoms. The van der Waals surface area contributed by atoms with Gasteiger partial charge in [0.2, 0.25) is 5.91 Å². The molecule has 0 aliphatic carbocycles. The molecule has 3 rings (SSSR count). The van der Waals surface area contributed by atoms with Gasteiger partial charge in [-0.1, -0.05) is 57.2 Å². The van der Waals surface area contributed by atoms with Crippen LogP contribution in [0.5, 0.6) is 0 Å². The van der Waals surface area contributed by atoms with Crippen LogP contribution < -0.4 is 5.32 Å². The maximum absolute atomic E-state index is 12.6. The van der Waals surface area contributed by atoms with E-state index in [4.69, 9.17) is 0 Å². The van der Waals surface area contributed by atoms with Crippen molar-refractivity contribution in [2.24, 2.45) is 5.41 Å². The number of nitrogens with one attached hydrogen (secondary N) is 1. The molecule has 0 bridgehead atoms. The molecule has 0 radical (unpaired) electrons. The first kappa shape index (κ1) is 21.0. The zero-order valence-electron chi connectivity index (χ0n) is 17.5. The van der Waals surface area contributed by atoms with Crippen LogP contribution in [0.4, 0.5) is 0 Å². The number of thiophene rings is 1. The van der Waals surface area contributed by atoms with E-state index >= 15 is 0 Å². The Morgan fingerprint density at radius 3 is 2.32 bits per heavy atom. The molecule has 1 aromatic heterocycles. The third-order valence-electron chi connectivity index (χ3n) is 5.40. The van der Waals surface area contributed by atoms with Crippen LogP contribution in [-0.4, -0.2) is 47.9 Å². The van der Waals surface area contributed by atoms with Gasteiger partial charge in [-0.2, -0.15) is 0 Å². The number of rotatable bonds is 6.